The zero-order chi connectivity index (χ0) is 99.0. The summed E-state index contributed by atoms with van der Waals surface area (Å²) in [6, 6.07) is 178. The fourth-order valence-electron chi connectivity index (χ4n) is 21.8. The van der Waals surface area contributed by atoms with Gasteiger partial charge < -0.3 is 27.4 Å². The lowest BCUT2D eigenvalue weighted by Gasteiger charge is -2.23. The van der Waals surface area contributed by atoms with E-state index in [0.717, 1.165) is 178 Å². The summed E-state index contributed by atoms with van der Waals surface area (Å²) in [6.45, 7) is 0. The molecule has 0 aliphatic carbocycles. The molecule has 27 aromatic rings. The van der Waals surface area contributed by atoms with E-state index in [0.29, 0.717) is 32.5 Å². The monoisotopic (exact) mass is 2000 g/mol. The quantitative estimate of drug-likeness (QED) is 0.0603. The van der Waals surface area contributed by atoms with Crippen molar-refractivity contribution < 1.29 is 27.4 Å². The number of rotatable bonds is 18. The first kappa shape index (κ1) is 91.6. The number of hydrogen-bond acceptors (Lipinski definition) is 9. The molecule has 0 saturated heterocycles. The van der Waals surface area contributed by atoms with Gasteiger partial charge in [-0.15, -0.1) is 0 Å². The molecule has 702 valence electrons. The van der Waals surface area contributed by atoms with Gasteiger partial charge in [0.1, 0.15) is 33.5 Å². The van der Waals surface area contributed by atoms with Crippen molar-refractivity contribution >= 4 is 253 Å². The Bertz CT molecular complexity index is 9690. The van der Waals surface area contributed by atoms with Crippen molar-refractivity contribution in [3.63, 3.8) is 0 Å². The lowest BCUT2D eigenvalue weighted by atomic mass is 10.1. The van der Waals surface area contributed by atoms with Crippen molar-refractivity contribution in [2.45, 2.75) is 0 Å². The van der Waals surface area contributed by atoms with Crippen molar-refractivity contribution in [1.82, 2.24) is 28.2 Å². The number of fused-ring (bicyclic) bond motifs is 24. The van der Waals surface area contributed by atoms with Gasteiger partial charge in [0, 0.05) is 128 Å². The maximum Gasteiger partial charge on any atom is 0.173 e. The maximum absolute atomic E-state index is 15.9. The van der Waals surface area contributed by atoms with Gasteiger partial charge in [-0.25, -0.2) is 15.0 Å². The molecule has 6 heterocycles. The Morgan fingerprint density at radius 3 is 0.660 bits per heavy atom. The number of para-hydroxylation sites is 3. The molecule has 0 radical (unpaired) electrons. The highest BCUT2D eigenvalue weighted by molar-refractivity contribution is 7.88. The summed E-state index contributed by atoms with van der Waals surface area (Å²) in [5.41, 5.74) is 9.72. The average molecular weight is 2010 g/mol. The Kier molecular flexibility index (Phi) is 23.4. The minimum absolute atomic E-state index is 0.691. The highest BCUT2D eigenvalue weighted by Crippen LogP contribution is 2.53. The van der Waals surface area contributed by atoms with E-state index < -0.39 is 42.9 Å². The van der Waals surface area contributed by atoms with Gasteiger partial charge >= 0.3 is 0 Å². The number of nitrogens with zero attached hydrogens (tertiary/aromatic N) is 6. The van der Waals surface area contributed by atoms with E-state index in [2.05, 4.69) is 86.0 Å². The molecule has 6 aromatic heterocycles. The summed E-state index contributed by atoms with van der Waals surface area (Å²) >= 11 is 0. The van der Waals surface area contributed by atoms with Crippen LogP contribution in [0.4, 0.5) is 0 Å². The molecular formula is C129H90N6O6P6. The first-order valence-corrected chi connectivity index (χ1v) is 59.1. The van der Waals surface area contributed by atoms with Crippen molar-refractivity contribution in [2.24, 2.45) is 0 Å². The summed E-state index contributed by atoms with van der Waals surface area (Å²) < 4.78 is 100. The zero-order valence-corrected chi connectivity index (χ0v) is 84.6. The third kappa shape index (κ3) is 15.0. The molecule has 21 aromatic carbocycles. The van der Waals surface area contributed by atoms with Crippen LogP contribution in [-0.4, -0.2) is 28.2 Å². The number of imidazole rings is 3. The van der Waals surface area contributed by atoms with Gasteiger partial charge in [0.25, 0.3) is 0 Å². The van der Waals surface area contributed by atoms with E-state index in [9.17, 15) is 0 Å². The molecule has 0 spiro atoms. The van der Waals surface area contributed by atoms with Crippen LogP contribution in [0.2, 0.25) is 0 Å². The molecule has 0 aliphatic heterocycles. The van der Waals surface area contributed by atoms with Crippen LogP contribution in [0.3, 0.4) is 0 Å². The summed E-state index contributed by atoms with van der Waals surface area (Å²) in [7, 11) is -19.8. The van der Waals surface area contributed by atoms with Crippen molar-refractivity contribution in [1.29, 1.82) is 0 Å². The van der Waals surface area contributed by atoms with E-state index in [1.165, 1.54) is 0 Å². The van der Waals surface area contributed by atoms with Crippen LogP contribution in [0.5, 0.6) is 0 Å². The van der Waals surface area contributed by atoms with Crippen LogP contribution in [0, 0.1) is 0 Å². The Morgan fingerprint density at radius 1 is 0.136 bits per heavy atom. The van der Waals surface area contributed by atoms with Crippen molar-refractivity contribution in [2.75, 3.05) is 0 Å². The number of aromatic nitrogens is 6. The van der Waals surface area contributed by atoms with Crippen LogP contribution >= 0.6 is 42.9 Å². The summed E-state index contributed by atoms with van der Waals surface area (Å²) in [5.74, 6) is 0. The smallest absolute Gasteiger partial charge is 0.173 e. The van der Waals surface area contributed by atoms with E-state index in [1.807, 2.05) is 473 Å². The van der Waals surface area contributed by atoms with Gasteiger partial charge in [-0.1, -0.05) is 479 Å². The average Bonchev–Trinajstić information content (AvgIpc) is 1.57. The van der Waals surface area contributed by atoms with Gasteiger partial charge in [0.15, 0.2) is 42.9 Å². The first-order chi connectivity index (χ1) is 72.3. The third-order valence-corrected chi connectivity index (χ3v) is 47.1. The molecule has 0 amide bonds. The molecule has 0 bridgehead atoms. The Morgan fingerprint density at radius 2 is 0.354 bits per heavy atom. The molecule has 12 nitrogen and oxygen atoms in total. The van der Waals surface area contributed by atoms with E-state index in [4.69, 9.17) is 15.0 Å². The Balaban J connectivity index is 0.000000115. The van der Waals surface area contributed by atoms with Gasteiger partial charge in [0.2, 0.25) is 0 Å². The maximum atomic E-state index is 15.9. The van der Waals surface area contributed by atoms with E-state index in [-0.39, 0.29) is 0 Å². The molecule has 27 rings (SSSR count). The Hall–Kier alpha value is -16.6. The van der Waals surface area contributed by atoms with Crippen molar-refractivity contribution in [3.8, 4) is 0 Å². The van der Waals surface area contributed by atoms with Gasteiger partial charge in [0.05, 0.1) is 33.1 Å². The fourth-order valence-corrected chi connectivity index (χ4v) is 38.4. The minimum Gasteiger partial charge on any atom is -0.309 e. The van der Waals surface area contributed by atoms with Gasteiger partial charge in [-0.2, -0.15) is 0 Å². The van der Waals surface area contributed by atoms with E-state index in [1.54, 1.807) is 0 Å². The normalized spacial score (nSPS) is 12.2. The highest BCUT2D eigenvalue weighted by Gasteiger charge is 2.40. The summed E-state index contributed by atoms with van der Waals surface area (Å²) in [6.07, 6.45) is 0. The zero-order valence-electron chi connectivity index (χ0n) is 79.3. The number of hydrogen-bond donors (Lipinski definition) is 0. The van der Waals surface area contributed by atoms with Crippen LogP contribution in [0.25, 0.3) is 115 Å². The van der Waals surface area contributed by atoms with Crippen molar-refractivity contribution in [3.05, 3.63) is 546 Å². The predicted molar refractivity (Wildman–Crippen MR) is 619 cm³/mol. The molecule has 18 heteroatoms. The standard InChI is InChI=1S/3C43H30N2O2P2/c46-48(31-17-5-1-6-18-31,32-19-7-2-8-20-32)39-29-15-27-37-41(39)35-25-13-14-26-36(35)43-44-42-38(45(37)43)28-16-30-40(42)49(47,33-21-9-3-10-22-33)34-23-11-4-12-24-34;46-48(31-16-5-1-6-17-31,32-18-7-2-8-19-32)35-28-29-37-36-24-13-14-25-38(36)43-44-42-39(45(43)40(37)30-35)26-15-27-41(42)49(47,33-20-9-3-10-21-33)34-22-11-4-12-23-34;46-48(31-16-5-1-6-17-31,32-18-7-2-8-19-32)35-28-29-39-38(30-35)36-24-13-14-25-37(36)43-44-42-40(45(39)43)26-15-27-41(42)49(47,33-20-9-3-10-21-33)34-22-11-4-12-23-34/h3*1-30H. The summed E-state index contributed by atoms with van der Waals surface area (Å²) in [5, 5.41) is 22.5. The number of benzene rings is 21. The molecule has 0 aliphatic rings. The van der Waals surface area contributed by atoms with Crippen LogP contribution in [-0.2, 0) is 27.4 Å². The van der Waals surface area contributed by atoms with Crippen LogP contribution in [0.15, 0.2) is 546 Å². The number of pyridine rings is 3. The fraction of sp³-hybridized carbons (Fsp3) is 0. The second kappa shape index (κ2) is 37.5. The second-order valence-corrected chi connectivity index (χ2v) is 53.1. The lowest BCUT2D eigenvalue weighted by molar-refractivity contribution is 0.591. The molecule has 0 saturated carbocycles. The SMILES string of the molecule is O=P(c1ccccc1)(c1ccccc1)c1ccc2c(c1)c1ccccc1c1nc3c(P(=O)(c4ccccc4)c4ccccc4)cccc3n21.O=P(c1ccccc1)(c1ccccc1)c1ccc2c3ccccc3c3nc4c(P(=O)(c5ccccc5)c5ccccc5)cccc4n3c2c1.O=P(c1ccccc1)(c1ccccc1)c1cccc2c1nc1c3ccccc3c3c(P(=O)(c4ccccc4)c4ccccc4)cccc3n21. The third-order valence-electron chi connectivity index (χ3n) is 28.6. The Labute approximate surface area is 848 Å². The molecule has 147 heavy (non-hydrogen) atoms. The van der Waals surface area contributed by atoms with Gasteiger partial charge in [-0.3, -0.25) is 13.2 Å². The first-order valence-electron chi connectivity index (χ1n) is 48.8. The molecule has 0 fully saturated rings. The molecule has 0 atom stereocenters. The minimum atomic E-state index is -3.34. The largest absolute Gasteiger partial charge is 0.309 e. The van der Waals surface area contributed by atoms with Crippen LogP contribution in [0.1, 0.15) is 0 Å². The topological polar surface area (TPSA) is 154 Å². The van der Waals surface area contributed by atoms with Gasteiger partial charge in [-0.05, 0) is 82.9 Å². The molecule has 0 N–H and O–H groups in total. The highest BCUT2D eigenvalue weighted by atomic mass is 31.2. The molecule has 0 unspecified atom stereocenters. The lowest BCUT2D eigenvalue weighted by Crippen LogP contribution is -2.26. The molecular weight excluding hydrogens is 1920 g/mol. The predicted octanol–water partition coefficient (Wildman–Crippen LogP) is 24.2. The van der Waals surface area contributed by atoms with E-state index >= 15 is 27.4 Å². The van der Waals surface area contributed by atoms with Crippen LogP contribution < -0.4 is 95.5 Å². The second-order valence-electron chi connectivity index (χ2n) is 36.6. The summed E-state index contributed by atoms with van der Waals surface area (Å²) in [4.78, 5) is 16.0.